The monoisotopic (exact) mass is 752 g/mol. The van der Waals surface area contributed by atoms with Crippen LogP contribution in [0.2, 0.25) is 0 Å². The highest BCUT2D eigenvalue weighted by Crippen LogP contribution is 2.34. The van der Waals surface area contributed by atoms with Crippen LogP contribution in [0.3, 0.4) is 0 Å². The Morgan fingerprint density at radius 3 is 2.15 bits per heavy atom. The number of piperidine rings is 2. The normalized spacial score (nSPS) is 21.4. The summed E-state index contributed by atoms with van der Waals surface area (Å²) in [5.41, 5.74) is -0.881. The third kappa shape index (κ3) is 8.99. The van der Waals surface area contributed by atoms with Crippen LogP contribution in [0.1, 0.15) is 57.9 Å². The van der Waals surface area contributed by atoms with E-state index in [0.717, 1.165) is 56.5 Å². The number of pyridine rings is 1. The second-order valence-electron chi connectivity index (χ2n) is 12.3. The average Bonchev–Trinajstić information content (AvgIpc) is 3.00. The lowest BCUT2D eigenvalue weighted by Gasteiger charge is -2.37. The number of carboxylic acid groups (broad SMARTS) is 1. The Morgan fingerprint density at radius 2 is 1.63 bits per heavy atom. The van der Waals surface area contributed by atoms with Crippen molar-refractivity contribution < 1.29 is 39.9 Å². The minimum Gasteiger partial charge on any atom is -0.480 e. The number of rotatable bonds is 12. The van der Waals surface area contributed by atoms with E-state index in [0.29, 0.717) is 50.1 Å². The fraction of sp³-hybridized carbons (Fsp3) is 0.600. The van der Waals surface area contributed by atoms with E-state index in [9.17, 15) is 39.9 Å². The van der Waals surface area contributed by atoms with Crippen LogP contribution < -0.4 is 9.62 Å². The molecular weight excluding hydrogens is 713 g/mol. The molecule has 4 rings (SSSR count). The van der Waals surface area contributed by atoms with Crippen LogP contribution in [0, 0.1) is 17.8 Å². The van der Waals surface area contributed by atoms with Crippen molar-refractivity contribution in [3.8, 4) is 0 Å². The molecule has 1 aromatic carbocycles. The smallest absolute Gasteiger partial charge is 0.416 e. The van der Waals surface area contributed by atoms with Gasteiger partial charge in [0, 0.05) is 37.2 Å². The van der Waals surface area contributed by atoms with Crippen molar-refractivity contribution in [3.05, 3.63) is 48.2 Å². The number of aliphatic carboxylic acids is 1. The van der Waals surface area contributed by atoms with Gasteiger partial charge >= 0.3 is 12.1 Å². The Kier molecular flexibility index (Phi) is 11.8. The van der Waals surface area contributed by atoms with Gasteiger partial charge in [-0.05, 0) is 79.8 Å². The van der Waals surface area contributed by atoms with Crippen LogP contribution in [0.5, 0.6) is 0 Å². The first-order valence-electron chi connectivity index (χ1n) is 15.3. The van der Waals surface area contributed by atoms with E-state index in [1.807, 2.05) is 0 Å². The van der Waals surface area contributed by atoms with Crippen LogP contribution in [0.25, 0.3) is 0 Å². The fourth-order valence-corrected chi connectivity index (χ4v) is 9.61. The van der Waals surface area contributed by atoms with Crippen LogP contribution in [-0.4, -0.2) is 74.2 Å². The third-order valence-electron chi connectivity index (χ3n) is 8.83. The minimum absolute atomic E-state index is 0.101. The van der Waals surface area contributed by atoms with Gasteiger partial charge in [0.05, 0.1) is 10.5 Å². The standard InChI is InChI=1S/C30H40BrF3N4O6S2/c1-20(2)28(29(39)40)36-45(41,42)25-10-11-27(35-18-25)37-15-14-22(26(31)19-37)5-3-4-21-12-16-38(17-13-21)46(43,44)24-8-6-23(7-9-24)30(32,33)34/h6-11,18,20-22,26,28,36H,3-5,12-17,19H2,1-2H3,(H,39,40). The number of carboxylic acids is 1. The molecule has 2 saturated heterocycles. The third-order valence-corrected chi connectivity index (χ3v) is 13.2. The van der Waals surface area contributed by atoms with Crippen molar-refractivity contribution in [1.82, 2.24) is 14.0 Å². The van der Waals surface area contributed by atoms with Crippen molar-refractivity contribution in [1.29, 1.82) is 0 Å². The summed E-state index contributed by atoms with van der Waals surface area (Å²) in [6.07, 6.45) is 2.02. The minimum atomic E-state index is -4.52. The fourth-order valence-electron chi connectivity index (χ4n) is 5.98. The number of benzene rings is 1. The molecule has 3 atom stereocenters. The Bertz CT molecular complexity index is 1550. The van der Waals surface area contributed by atoms with Gasteiger partial charge in [-0.2, -0.15) is 22.2 Å². The number of aromatic nitrogens is 1. The van der Waals surface area contributed by atoms with Gasteiger partial charge in [0.2, 0.25) is 20.0 Å². The summed E-state index contributed by atoms with van der Waals surface area (Å²) in [6.45, 7) is 5.37. The predicted molar refractivity (Wildman–Crippen MR) is 171 cm³/mol. The van der Waals surface area contributed by atoms with E-state index in [1.54, 1.807) is 19.9 Å². The van der Waals surface area contributed by atoms with Crippen molar-refractivity contribution in [3.63, 3.8) is 0 Å². The summed E-state index contributed by atoms with van der Waals surface area (Å²) in [6, 6.07) is 5.45. The highest BCUT2D eigenvalue weighted by Gasteiger charge is 2.34. The summed E-state index contributed by atoms with van der Waals surface area (Å²) in [4.78, 5) is 17.8. The van der Waals surface area contributed by atoms with E-state index in [1.165, 1.54) is 16.6 Å². The molecule has 2 N–H and O–H groups in total. The highest BCUT2D eigenvalue weighted by atomic mass is 79.9. The Labute approximate surface area is 277 Å². The van der Waals surface area contributed by atoms with E-state index in [-0.39, 0.29) is 14.6 Å². The molecule has 16 heteroatoms. The first kappa shape index (κ1) is 36.6. The van der Waals surface area contributed by atoms with Crippen LogP contribution in [0.4, 0.5) is 19.0 Å². The van der Waals surface area contributed by atoms with Gasteiger partial charge in [-0.3, -0.25) is 4.79 Å². The molecule has 10 nitrogen and oxygen atoms in total. The van der Waals surface area contributed by atoms with Gasteiger partial charge in [-0.1, -0.05) is 42.6 Å². The van der Waals surface area contributed by atoms with Crippen molar-refractivity contribution in [2.24, 2.45) is 17.8 Å². The number of hydrogen-bond acceptors (Lipinski definition) is 7. The van der Waals surface area contributed by atoms with E-state index < -0.39 is 49.7 Å². The number of anilines is 1. The van der Waals surface area contributed by atoms with Crippen molar-refractivity contribution in [2.75, 3.05) is 31.1 Å². The zero-order chi connectivity index (χ0) is 33.9. The predicted octanol–water partition coefficient (Wildman–Crippen LogP) is 5.35. The molecule has 256 valence electrons. The molecule has 2 aromatic rings. The number of hydrogen-bond donors (Lipinski definition) is 2. The van der Waals surface area contributed by atoms with Crippen molar-refractivity contribution in [2.45, 2.75) is 79.2 Å². The zero-order valence-corrected chi connectivity index (χ0v) is 28.9. The Hall–Kier alpha value is -2.27. The van der Waals surface area contributed by atoms with E-state index in [2.05, 4.69) is 30.5 Å². The summed E-state index contributed by atoms with van der Waals surface area (Å²) in [7, 11) is -7.90. The van der Waals surface area contributed by atoms with Crippen LogP contribution >= 0.6 is 15.9 Å². The lowest BCUT2D eigenvalue weighted by molar-refractivity contribution is -0.140. The molecule has 0 saturated carbocycles. The Morgan fingerprint density at radius 1 is 1.00 bits per heavy atom. The van der Waals surface area contributed by atoms with Gasteiger partial charge in [-0.15, -0.1) is 0 Å². The van der Waals surface area contributed by atoms with Crippen LogP contribution in [-0.2, 0) is 31.0 Å². The highest BCUT2D eigenvalue weighted by molar-refractivity contribution is 9.09. The first-order chi connectivity index (χ1) is 21.5. The molecule has 0 amide bonds. The van der Waals surface area contributed by atoms with Crippen LogP contribution in [0.15, 0.2) is 52.4 Å². The zero-order valence-electron chi connectivity index (χ0n) is 25.7. The van der Waals surface area contributed by atoms with Gasteiger partial charge in [-0.25, -0.2) is 21.8 Å². The molecule has 0 aliphatic carbocycles. The SMILES string of the molecule is CC(C)C(NS(=O)(=O)c1ccc(N2CCC(CCCC3CCN(S(=O)(=O)c4ccc(C(F)(F)F)cc4)CC3)C(Br)C2)nc1)C(=O)O. The largest absolute Gasteiger partial charge is 0.480 e. The van der Waals surface area contributed by atoms with Gasteiger partial charge in [0.25, 0.3) is 0 Å². The van der Waals surface area contributed by atoms with E-state index >= 15 is 0 Å². The van der Waals surface area contributed by atoms with E-state index in [4.69, 9.17) is 0 Å². The topological polar surface area (TPSA) is 137 Å². The molecule has 3 heterocycles. The van der Waals surface area contributed by atoms with Gasteiger partial charge < -0.3 is 10.0 Å². The Balaban J connectivity index is 1.21. The average molecular weight is 754 g/mol. The lowest BCUT2D eigenvalue weighted by Crippen LogP contribution is -2.44. The summed E-state index contributed by atoms with van der Waals surface area (Å²) in [5.74, 6) is -0.224. The molecule has 0 radical (unpaired) electrons. The number of halogens is 4. The van der Waals surface area contributed by atoms with Gasteiger partial charge in [0.15, 0.2) is 0 Å². The number of alkyl halides is 4. The van der Waals surface area contributed by atoms with Crippen molar-refractivity contribution >= 4 is 47.8 Å². The molecule has 2 fully saturated rings. The molecule has 1 aromatic heterocycles. The first-order valence-corrected chi connectivity index (χ1v) is 19.1. The second kappa shape index (κ2) is 14.9. The molecule has 46 heavy (non-hydrogen) atoms. The molecule has 2 aliphatic rings. The second-order valence-corrected chi connectivity index (χ2v) is 17.2. The van der Waals surface area contributed by atoms with Gasteiger partial charge in [0.1, 0.15) is 16.8 Å². The molecule has 3 unspecified atom stereocenters. The maximum atomic E-state index is 13.0. The summed E-state index contributed by atoms with van der Waals surface area (Å²) < 4.78 is 93.5. The maximum Gasteiger partial charge on any atom is 0.416 e. The summed E-state index contributed by atoms with van der Waals surface area (Å²) in [5, 5.41) is 9.33. The molecule has 2 aliphatic heterocycles. The number of nitrogens with zero attached hydrogens (tertiary/aromatic N) is 3. The maximum absolute atomic E-state index is 13.0. The summed E-state index contributed by atoms with van der Waals surface area (Å²) >= 11 is 3.82. The number of nitrogens with one attached hydrogen (secondary N) is 1. The number of carbonyl (C=O) groups is 1. The molecular formula is C30H40BrF3N4O6S2. The lowest BCUT2D eigenvalue weighted by atomic mass is 9.87. The quantitative estimate of drug-likeness (QED) is 0.277. The number of sulfonamides is 2. The molecule has 0 bridgehead atoms. The molecule has 0 spiro atoms.